The maximum Gasteiger partial charge on any atom is -0.0110 e. The van der Waals surface area contributed by atoms with Crippen LogP contribution in [0.4, 0.5) is 0 Å². The molecule has 2 aliphatic carbocycles. The van der Waals surface area contributed by atoms with Crippen molar-refractivity contribution in [3.63, 3.8) is 0 Å². The van der Waals surface area contributed by atoms with Gasteiger partial charge in [0.2, 0.25) is 0 Å². The van der Waals surface area contributed by atoms with Crippen molar-refractivity contribution >= 4 is 0 Å². The molecule has 0 saturated heterocycles. The Morgan fingerprint density at radius 1 is 1.23 bits per heavy atom. The molecule has 1 fully saturated rings. The van der Waals surface area contributed by atoms with E-state index in [1.54, 1.807) is 11.1 Å². The molecule has 1 atom stereocenters. The lowest BCUT2D eigenvalue weighted by Crippen LogP contribution is -2.26. The van der Waals surface area contributed by atoms with Gasteiger partial charge in [-0.1, -0.05) is 36.6 Å². The summed E-state index contributed by atoms with van der Waals surface area (Å²) < 4.78 is 0. The fraction of sp³-hybridized carbons (Fsp3) is 0.692. The normalized spacial score (nSPS) is 37.1. The molecule has 0 heterocycles. The molecule has 2 rings (SSSR count). The molecular formula is C13H20. The summed E-state index contributed by atoms with van der Waals surface area (Å²) in [5, 5.41) is 0. The molecule has 2 aliphatic rings. The second-order valence-corrected chi connectivity index (χ2v) is 4.80. The van der Waals surface area contributed by atoms with Gasteiger partial charge in [-0.2, -0.15) is 0 Å². The van der Waals surface area contributed by atoms with Gasteiger partial charge in [-0.3, -0.25) is 0 Å². The van der Waals surface area contributed by atoms with E-state index in [9.17, 15) is 0 Å². The van der Waals surface area contributed by atoms with E-state index >= 15 is 0 Å². The largest absolute Gasteiger partial charge is 0.0844 e. The number of rotatable bonds is 0. The number of hydrogen-bond donors (Lipinski definition) is 0. The highest BCUT2D eigenvalue weighted by Gasteiger charge is 2.33. The van der Waals surface area contributed by atoms with Crippen LogP contribution in [0.1, 0.15) is 52.4 Å². The minimum atomic E-state index is 0.574. The summed E-state index contributed by atoms with van der Waals surface area (Å²) >= 11 is 0. The van der Waals surface area contributed by atoms with Gasteiger partial charge >= 0.3 is 0 Å². The Kier molecular flexibility index (Phi) is 2.31. The second-order valence-electron chi connectivity index (χ2n) is 4.80. The molecule has 1 unspecified atom stereocenters. The molecule has 1 saturated carbocycles. The third-order valence-corrected chi connectivity index (χ3v) is 3.90. The van der Waals surface area contributed by atoms with E-state index in [1.807, 2.05) is 0 Å². The zero-order valence-corrected chi connectivity index (χ0v) is 8.90. The maximum atomic E-state index is 2.47. The van der Waals surface area contributed by atoms with Crippen LogP contribution in [0.3, 0.4) is 0 Å². The summed E-state index contributed by atoms with van der Waals surface area (Å²) in [4.78, 5) is 0. The highest BCUT2D eigenvalue weighted by molar-refractivity contribution is 5.32. The van der Waals surface area contributed by atoms with Crippen LogP contribution >= 0.6 is 0 Å². The van der Waals surface area contributed by atoms with Crippen LogP contribution in [0, 0.1) is 5.41 Å². The van der Waals surface area contributed by atoms with Crippen molar-refractivity contribution in [3.05, 3.63) is 23.3 Å². The smallest absolute Gasteiger partial charge is 0.0110 e. The highest BCUT2D eigenvalue weighted by atomic mass is 14.4. The van der Waals surface area contributed by atoms with Crippen LogP contribution in [0.15, 0.2) is 23.3 Å². The predicted octanol–water partition coefficient (Wildman–Crippen LogP) is 4.23. The number of fused-ring (bicyclic) bond motifs is 1. The highest BCUT2D eigenvalue weighted by Crippen LogP contribution is 2.47. The van der Waals surface area contributed by atoms with Crippen molar-refractivity contribution in [1.82, 2.24) is 0 Å². The van der Waals surface area contributed by atoms with Crippen molar-refractivity contribution in [3.8, 4) is 0 Å². The van der Waals surface area contributed by atoms with Gasteiger partial charge in [-0.15, -0.1) is 0 Å². The summed E-state index contributed by atoms with van der Waals surface area (Å²) in [7, 11) is 0. The van der Waals surface area contributed by atoms with Crippen LogP contribution < -0.4 is 0 Å². The Labute approximate surface area is 81.7 Å². The summed E-state index contributed by atoms with van der Waals surface area (Å²) in [6.45, 7) is 4.63. The van der Waals surface area contributed by atoms with E-state index in [-0.39, 0.29) is 0 Å². The molecule has 0 radical (unpaired) electrons. The van der Waals surface area contributed by atoms with Crippen molar-refractivity contribution in [2.45, 2.75) is 52.4 Å². The third kappa shape index (κ3) is 1.59. The lowest BCUT2D eigenvalue weighted by molar-refractivity contribution is 0.274. The van der Waals surface area contributed by atoms with Crippen LogP contribution in [-0.2, 0) is 0 Å². The van der Waals surface area contributed by atoms with E-state index in [0.717, 1.165) is 0 Å². The van der Waals surface area contributed by atoms with Gasteiger partial charge in [0.1, 0.15) is 0 Å². The summed E-state index contributed by atoms with van der Waals surface area (Å²) in [6.07, 6.45) is 13.1. The second kappa shape index (κ2) is 3.32. The first-order chi connectivity index (χ1) is 6.24. The first-order valence-corrected chi connectivity index (χ1v) is 5.61. The average Bonchev–Trinajstić information content (AvgIpc) is 2.16. The summed E-state index contributed by atoms with van der Waals surface area (Å²) in [6, 6.07) is 0. The molecular weight excluding hydrogens is 156 g/mol. The van der Waals surface area contributed by atoms with Crippen LogP contribution in [0.25, 0.3) is 0 Å². The molecule has 0 aromatic carbocycles. The molecule has 13 heavy (non-hydrogen) atoms. The quantitative estimate of drug-likeness (QED) is 0.518. The lowest BCUT2D eigenvalue weighted by Gasteiger charge is -2.40. The molecule has 0 aromatic heterocycles. The van der Waals surface area contributed by atoms with Gasteiger partial charge < -0.3 is 0 Å². The first kappa shape index (κ1) is 9.05. The maximum absolute atomic E-state index is 2.47. The van der Waals surface area contributed by atoms with Crippen LogP contribution in [-0.4, -0.2) is 0 Å². The monoisotopic (exact) mass is 176 g/mol. The molecule has 72 valence electrons. The van der Waals surface area contributed by atoms with Crippen molar-refractivity contribution in [2.75, 3.05) is 0 Å². The van der Waals surface area contributed by atoms with Crippen molar-refractivity contribution < 1.29 is 0 Å². The summed E-state index contributed by atoms with van der Waals surface area (Å²) in [5.74, 6) is 0. The lowest BCUT2D eigenvalue weighted by atomic mass is 9.65. The third-order valence-electron chi connectivity index (χ3n) is 3.90. The van der Waals surface area contributed by atoms with Gasteiger partial charge in [0.15, 0.2) is 0 Å². The SMILES string of the molecule is C/C=C1\C=C2CCCCC2(C)CC1. The first-order valence-electron chi connectivity index (χ1n) is 5.61. The van der Waals surface area contributed by atoms with Gasteiger partial charge in [0.05, 0.1) is 0 Å². The molecule has 0 bridgehead atoms. The van der Waals surface area contributed by atoms with E-state index in [1.165, 1.54) is 38.5 Å². The minimum absolute atomic E-state index is 0.574. The predicted molar refractivity (Wildman–Crippen MR) is 57.6 cm³/mol. The van der Waals surface area contributed by atoms with Crippen molar-refractivity contribution in [1.29, 1.82) is 0 Å². The Bertz CT molecular complexity index is 257. The van der Waals surface area contributed by atoms with Gasteiger partial charge in [-0.25, -0.2) is 0 Å². The Hall–Kier alpha value is -0.520. The Balaban J connectivity index is 2.28. The van der Waals surface area contributed by atoms with E-state index in [0.29, 0.717) is 5.41 Å². The van der Waals surface area contributed by atoms with Crippen LogP contribution in [0.5, 0.6) is 0 Å². The number of hydrogen-bond acceptors (Lipinski definition) is 0. The van der Waals surface area contributed by atoms with E-state index < -0.39 is 0 Å². The van der Waals surface area contributed by atoms with E-state index in [2.05, 4.69) is 26.0 Å². The molecule has 0 spiro atoms. The molecule has 0 nitrogen and oxygen atoms in total. The number of allylic oxidation sites excluding steroid dienone is 4. The zero-order valence-electron chi connectivity index (χ0n) is 8.90. The topological polar surface area (TPSA) is 0 Å². The van der Waals surface area contributed by atoms with Gasteiger partial charge in [-0.05, 0) is 44.4 Å². The minimum Gasteiger partial charge on any atom is -0.0844 e. The fourth-order valence-corrected chi connectivity index (χ4v) is 2.77. The molecule has 0 heteroatoms. The molecule has 0 N–H and O–H groups in total. The fourth-order valence-electron chi connectivity index (χ4n) is 2.77. The summed E-state index contributed by atoms with van der Waals surface area (Å²) in [5.41, 5.74) is 3.87. The Morgan fingerprint density at radius 3 is 2.85 bits per heavy atom. The van der Waals surface area contributed by atoms with Gasteiger partial charge in [0, 0.05) is 0 Å². The molecule has 0 aliphatic heterocycles. The standard InChI is InChI=1S/C13H20/c1-3-11-7-9-13(2)8-5-4-6-12(13)10-11/h3,10H,4-9H2,1-2H3/b11-3-. The van der Waals surface area contributed by atoms with Crippen LogP contribution in [0.2, 0.25) is 0 Å². The molecule has 0 aromatic rings. The average molecular weight is 176 g/mol. The van der Waals surface area contributed by atoms with Crippen molar-refractivity contribution in [2.24, 2.45) is 5.41 Å². The Morgan fingerprint density at radius 2 is 2.08 bits per heavy atom. The zero-order chi connectivity index (χ0) is 9.31. The van der Waals surface area contributed by atoms with Gasteiger partial charge in [0.25, 0.3) is 0 Å². The molecule has 0 amide bonds. The van der Waals surface area contributed by atoms with E-state index in [4.69, 9.17) is 0 Å².